The molecule has 0 radical (unpaired) electrons. The van der Waals surface area contributed by atoms with Gasteiger partial charge in [-0.25, -0.2) is 4.79 Å². The number of carbonyl (C=O) groups is 1. The maximum Gasteiger partial charge on any atom is 0.342 e. The smallest absolute Gasteiger partial charge is 0.342 e. The standard InChI is InChI=1S/C24H38O8Si/c1-24(2)31-19(21(15-25)32-24)10-8-9-17-13-18(28-4)14-20(30-16-27-3)22(17)23(26)29-11-12-33(5,6)7/h8-9,13-14,19,21,25H,10-12,15-16H2,1-7H3/b9-8+/t19-,21+/m0/s1. The third-order valence-electron chi connectivity index (χ3n) is 5.09. The van der Waals surface area contributed by atoms with Crippen molar-refractivity contribution in [1.82, 2.24) is 0 Å². The first-order valence-corrected chi connectivity index (χ1v) is 14.8. The van der Waals surface area contributed by atoms with E-state index < -0.39 is 25.9 Å². The molecule has 2 atom stereocenters. The molecule has 186 valence electrons. The maximum atomic E-state index is 13.1. The second kappa shape index (κ2) is 12.0. The molecule has 0 unspecified atom stereocenters. The van der Waals surface area contributed by atoms with E-state index in [2.05, 4.69) is 19.6 Å². The predicted molar refractivity (Wildman–Crippen MR) is 128 cm³/mol. The van der Waals surface area contributed by atoms with Crippen LogP contribution in [0.2, 0.25) is 25.7 Å². The highest BCUT2D eigenvalue weighted by molar-refractivity contribution is 6.76. The molecular formula is C24H38O8Si. The second-order valence-corrected chi connectivity index (χ2v) is 15.2. The zero-order valence-electron chi connectivity index (χ0n) is 20.8. The maximum absolute atomic E-state index is 13.1. The lowest BCUT2D eigenvalue weighted by Crippen LogP contribution is -2.25. The Kier molecular flexibility index (Phi) is 9.93. The van der Waals surface area contributed by atoms with Crippen LogP contribution in [0, 0.1) is 0 Å². The van der Waals surface area contributed by atoms with Gasteiger partial charge in [-0.15, -0.1) is 0 Å². The van der Waals surface area contributed by atoms with Gasteiger partial charge in [0.15, 0.2) is 12.6 Å². The normalized spacial score (nSPS) is 20.2. The van der Waals surface area contributed by atoms with Gasteiger partial charge in [0.1, 0.15) is 23.2 Å². The van der Waals surface area contributed by atoms with E-state index in [4.69, 9.17) is 28.4 Å². The van der Waals surface area contributed by atoms with Crippen molar-refractivity contribution in [3.63, 3.8) is 0 Å². The number of methoxy groups -OCH3 is 2. The van der Waals surface area contributed by atoms with E-state index in [0.29, 0.717) is 35.7 Å². The lowest BCUT2D eigenvalue weighted by Gasteiger charge is -2.18. The average molecular weight is 483 g/mol. The van der Waals surface area contributed by atoms with Crippen molar-refractivity contribution < 1.29 is 38.3 Å². The van der Waals surface area contributed by atoms with Gasteiger partial charge in [0, 0.05) is 21.3 Å². The summed E-state index contributed by atoms with van der Waals surface area (Å²) in [4.78, 5) is 13.1. The molecule has 1 heterocycles. The Morgan fingerprint density at radius 1 is 1.18 bits per heavy atom. The van der Waals surface area contributed by atoms with Crippen LogP contribution in [0.25, 0.3) is 6.08 Å². The molecule has 33 heavy (non-hydrogen) atoms. The Morgan fingerprint density at radius 3 is 2.48 bits per heavy atom. The van der Waals surface area contributed by atoms with E-state index in [-0.39, 0.29) is 19.5 Å². The van der Waals surface area contributed by atoms with Crippen LogP contribution in [-0.2, 0) is 18.9 Å². The van der Waals surface area contributed by atoms with Gasteiger partial charge in [-0.3, -0.25) is 0 Å². The zero-order valence-corrected chi connectivity index (χ0v) is 21.8. The molecule has 0 bridgehead atoms. The molecule has 0 saturated carbocycles. The lowest BCUT2D eigenvalue weighted by molar-refractivity contribution is -0.148. The monoisotopic (exact) mass is 482 g/mol. The molecule has 1 aliphatic rings. The van der Waals surface area contributed by atoms with Crippen molar-refractivity contribution in [1.29, 1.82) is 0 Å². The number of hydrogen-bond donors (Lipinski definition) is 1. The van der Waals surface area contributed by atoms with Gasteiger partial charge in [-0.1, -0.05) is 31.8 Å². The fourth-order valence-electron chi connectivity index (χ4n) is 3.43. The van der Waals surface area contributed by atoms with E-state index in [1.807, 2.05) is 19.9 Å². The van der Waals surface area contributed by atoms with Crippen molar-refractivity contribution in [3.05, 3.63) is 29.3 Å². The number of aliphatic hydroxyl groups excluding tert-OH is 1. The molecule has 0 aromatic heterocycles. The SMILES string of the molecule is COCOc1cc(OC)cc(/C=C/C[C@@H]2OC(C)(C)O[C@@H]2CO)c1C(=O)OCC[Si](C)(C)C. The van der Waals surface area contributed by atoms with Gasteiger partial charge in [-0.2, -0.15) is 0 Å². The number of esters is 1. The average Bonchev–Trinajstić information content (AvgIpc) is 3.04. The van der Waals surface area contributed by atoms with Crippen LogP contribution in [0.3, 0.4) is 0 Å². The summed E-state index contributed by atoms with van der Waals surface area (Å²) < 4.78 is 33.3. The third kappa shape index (κ3) is 8.42. The first-order valence-electron chi connectivity index (χ1n) is 11.1. The van der Waals surface area contributed by atoms with Crippen molar-refractivity contribution in [3.8, 4) is 11.5 Å². The van der Waals surface area contributed by atoms with Crippen LogP contribution in [-0.4, -0.2) is 71.4 Å². The van der Waals surface area contributed by atoms with Gasteiger partial charge in [0.2, 0.25) is 0 Å². The molecule has 8 nitrogen and oxygen atoms in total. The van der Waals surface area contributed by atoms with Crippen molar-refractivity contribution in [2.75, 3.05) is 34.2 Å². The zero-order chi connectivity index (χ0) is 24.6. The van der Waals surface area contributed by atoms with Crippen molar-refractivity contribution >= 4 is 20.1 Å². The molecule has 2 rings (SSSR count). The third-order valence-corrected chi connectivity index (χ3v) is 6.80. The Hall–Kier alpha value is -1.91. The molecule has 1 fully saturated rings. The van der Waals surface area contributed by atoms with E-state index >= 15 is 0 Å². The van der Waals surface area contributed by atoms with Crippen molar-refractivity contribution in [2.24, 2.45) is 0 Å². The highest BCUT2D eigenvalue weighted by atomic mass is 28.3. The molecule has 1 N–H and O–H groups in total. The van der Waals surface area contributed by atoms with Crippen LogP contribution < -0.4 is 9.47 Å². The summed E-state index contributed by atoms with van der Waals surface area (Å²) in [6.45, 7) is 10.5. The molecular weight excluding hydrogens is 444 g/mol. The highest BCUT2D eigenvalue weighted by Gasteiger charge is 2.40. The van der Waals surface area contributed by atoms with Gasteiger partial charge in [0.05, 0.1) is 26.4 Å². The van der Waals surface area contributed by atoms with Crippen LogP contribution in [0.15, 0.2) is 18.2 Å². The van der Waals surface area contributed by atoms with Crippen molar-refractivity contribution in [2.45, 2.75) is 63.9 Å². The highest BCUT2D eigenvalue weighted by Crippen LogP contribution is 2.33. The first-order chi connectivity index (χ1) is 15.5. The van der Waals surface area contributed by atoms with E-state index in [1.165, 1.54) is 7.11 Å². The van der Waals surface area contributed by atoms with E-state index in [9.17, 15) is 9.90 Å². The molecule has 0 amide bonds. The Balaban J connectivity index is 2.30. The lowest BCUT2D eigenvalue weighted by atomic mass is 10.0. The molecule has 9 heteroatoms. The fourth-order valence-corrected chi connectivity index (χ4v) is 4.14. The van der Waals surface area contributed by atoms with Gasteiger partial charge >= 0.3 is 5.97 Å². The summed E-state index contributed by atoms with van der Waals surface area (Å²) in [5.74, 6) is -0.358. The Labute approximate surface area is 197 Å². The number of aliphatic hydroxyl groups is 1. The van der Waals surface area contributed by atoms with Gasteiger partial charge in [0.25, 0.3) is 0 Å². The second-order valence-electron chi connectivity index (χ2n) is 9.62. The summed E-state index contributed by atoms with van der Waals surface area (Å²) in [7, 11) is 1.70. The van der Waals surface area contributed by atoms with Crippen LogP contribution in [0.1, 0.15) is 36.2 Å². The molecule has 1 aromatic carbocycles. The van der Waals surface area contributed by atoms with Crippen LogP contribution in [0.4, 0.5) is 0 Å². The van der Waals surface area contributed by atoms with Crippen LogP contribution in [0.5, 0.6) is 11.5 Å². The number of rotatable bonds is 12. The summed E-state index contributed by atoms with van der Waals surface area (Å²) in [6, 6.07) is 4.26. The molecule has 1 saturated heterocycles. The molecule has 1 aliphatic heterocycles. The van der Waals surface area contributed by atoms with E-state index in [0.717, 1.165) is 6.04 Å². The molecule has 1 aromatic rings. The topological polar surface area (TPSA) is 92.7 Å². The van der Waals surface area contributed by atoms with Gasteiger partial charge < -0.3 is 33.5 Å². The summed E-state index contributed by atoms with van der Waals surface area (Å²) in [5, 5.41) is 9.60. The van der Waals surface area contributed by atoms with E-state index in [1.54, 1.807) is 25.3 Å². The summed E-state index contributed by atoms with van der Waals surface area (Å²) in [5.41, 5.74) is 0.902. The molecule has 0 aliphatic carbocycles. The Morgan fingerprint density at radius 2 is 1.88 bits per heavy atom. The molecule has 0 spiro atoms. The fraction of sp³-hybridized carbons (Fsp3) is 0.625. The largest absolute Gasteiger partial charge is 0.497 e. The number of ether oxygens (including phenoxy) is 6. The quantitative estimate of drug-likeness (QED) is 0.271. The van der Waals surface area contributed by atoms with Crippen LogP contribution >= 0.6 is 0 Å². The minimum atomic E-state index is -1.35. The number of benzene rings is 1. The first kappa shape index (κ1) is 27.3. The minimum Gasteiger partial charge on any atom is -0.497 e. The van der Waals surface area contributed by atoms with Gasteiger partial charge in [-0.05, 0) is 37.9 Å². The Bertz CT molecular complexity index is 815. The minimum absolute atomic E-state index is 0.0218. The number of hydrogen-bond acceptors (Lipinski definition) is 8. The summed E-state index contributed by atoms with van der Waals surface area (Å²) >= 11 is 0. The predicted octanol–water partition coefficient (Wildman–Crippen LogP) is 4.09. The number of carbonyl (C=O) groups excluding carboxylic acids is 1. The summed E-state index contributed by atoms with van der Waals surface area (Å²) in [6.07, 6.45) is 3.46.